The van der Waals surface area contributed by atoms with E-state index >= 15 is 0 Å². The minimum Gasteiger partial charge on any atom is -0.497 e. The summed E-state index contributed by atoms with van der Waals surface area (Å²) in [6, 6.07) is 16.2. The van der Waals surface area contributed by atoms with Gasteiger partial charge >= 0.3 is 0 Å². The maximum Gasteiger partial charge on any atom is 0.224 e. The lowest BCUT2D eigenvalue weighted by Gasteiger charge is -2.38. The summed E-state index contributed by atoms with van der Waals surface area (Å²) in [5.74, 6) is 1.43. The van der Waals surface area contributed by atoms with Crippen LogP contribution in [0, 0.1) is 0 Å². The molecule has 1 amide bonds. The molecule has 0 bridgehead atoms. The van der Waals surface area contributed by atoms with Crippen LogP contribution in [0.3, 0.4) is 0 Å². The van der Waals surface area contributed by atoms with Gasteiger partial charge in [0.25, 0.3) is 0 Å². The van der Waals surface area contributed by atoms with E-state index in [2.05, 4.69) is 35.6 Å². The minimum atomic E-state index is 0.0272. The van der Waals surface area contributed by atoms with Gasteiger partial charge in [0.15, 0.2) is 0 Å². The zero-order valence-corrected chi connectivity index (χ0v) is 16.3. The van der Waals surface area contributed by atoms with E-state index in [1.807, 2.05) is 18.2 Å². The number of hydrogen-bond donors (Lipinski definition) is 1. The van der Waals surface area contributed by atoms with Crippen LogP contribution >= 0.6 is 0 Å². The molecule has 0 spiro atoms. The van der Waals surface area contributed by atoms with Crippen LogP contribution in [-0.4, -0.2) is 26.7 Å². The van der Waals surface area contributed by atoms with Crippen molar-refractivity contribution in [2.24, 2.45) is 0 Å². The largest absolute Gasteiger partial charge is 0.497 e. The number of carbonyl (C=O) groups excluding carboxylic acids is 1. The fourth-order valence-corrected chi connectivity index (χ4v) is 4.09. The van der Waals surface area contributed by atoms with Crippen molar-refractivity contribution in [3.8, 4) is 11.5 Å². The average molecular weight is 367 g/mol. The number of rotatable bonds is 7. The van der Waals surface area contributed by atoms with E-state index in [0.29, 0.717) is 18.7 Å². The molecule has 27 heavy (non-hydrogen) atoms. The van der Waals surface area contributed by atoms with Crippen molar-refractivity contribution >= 4 is 5.91 Å². The van der Waals surface area contributed by atoms with Gasteiger partial charge in [0.2, 0.25) is 5.91 Å². The van der Waals surface area contributed by atoms with Crippen molar-refractivity contribution in [3.63, 3.8) is 0 Å². The third-order valence-corrected chi connectivity index (χ3v) is 5.67. The molecule has 0 radical (unpaired) electrons. The quantitative estimate of drug-likeness (QED) is 0.795. The summed E-state index contributed by atoms with van der Waals surface area (Å²) < 4.78 is 10.6. The van der Waals surface area contributed by atoms with Crippen LogP contribution in [0.4, 0.5) is 0 Å². The van der Waals surface area contributed by atoms with Crippen LogP contribution in [0.25, 0.3) is 0 Å². The Morgan fingerprint density at radius 1 is 1.00 bits per heavy atom. The summed E-state index contributed by atoms with van der Waals surface area (Å²) >= 11 is 0. The molecule has 0 unspecified atom stereocenters. The molecule has 0 heterocycles. The Morgan fingerprint density at radius 2 is 1.74 bits per heavy atom. The average Bonchev–Trinajstić information content (AvgIpc) is 2.74. The maximum atomic E-state index is 12.7. The first kappa shape index (κ1) is 19.3. The standard InChI is InChI=1S/C23H29NO3/c1-26-20-12-11-18(21(16-20)27-2)15-22(25)24-17-23(13-7-4-8-14-23)19-9-5-3-6-10-19/h3,5-6,9-12,16H,4,7-8,13-15,17H2,1-2H3,(H,24,25). The molecule has 1 aliphatic rings. The van der Waals surface area contributed by atoms with Gasteiger partial charge in [0.05, 0.1) is 20.6 Å². The van der Waals surface area contributed by atoms with Crippen LogP contribution in [0.5, 0.6) is 11.5 Å². The van der Waals surface area contributed by atoms with E-state index in [1.165, 1.54) is 24.8 Å². The number of carbonyl (C=O) groups is 1. The molecule has 2 aromatic carbocycles. The molecule has 1 fully saturated rings. The van der Waals surface area contributed by atoms with Gasteiger partial charge in [0.1, 0.15) is 11.5 Å². The van der Waals surface area contributed by atoms with E-state index < -0.39 is 0 Å². The Labute approximate surface area is 161 Å². The van der Waals surface area contributed by atoms with Gasteiger partial charge in [0, 0.05) is 23.6 Å². The zero-order chi connectivity index (χ0) is 19.1. The Balaban J connectivity index is 1.68. The maximum absolute atomic E-state index is 12.7. The molecule has 0 saturated heterocycles. The molecule has 2 aromatic rings. The fourth-order valence-electron chi connectivity index (χ4n) is 4.09. The van der Waals surface area contributed by atoms with Gasteiger partial charge in [-0.3, -0.25) is 4.79 Å². The molecular formula is C23H29NO3. The summed E-state index contributed by atoms with van der Waals surface area (Å²) in [5.41, 5.74) is 2.26. The number of amides is 1. The first-order valence-electron chi connectivity index (χ1n) is 9.70. The van der Waals surface area contributed by atoms with Crippen LogP contribution in [0.1, 0.15) is 43.2 Å². The monoisotopic (exact) mass is 367 g/mol. The molecule has 1 saturated carbocycles. The number of benzene rings is 2. The van der Waals surface area contributed by atoms with E-state index in [9.17, 15) is 4.79 Å². The summed E-state index contributed by atoms with van der Waals surface area (Å²) in [4.78, 5) is 12.7. The molecule has 0 aliphatic heterocycles. The highest BCUT2D eigenvalue weighted by molar-refractivity contribution is 5.79. The van der Waals surface area contributed by atoms with Gasteiger partial charge in [-0.25, -0.2) is 0 Å². The first-order chi connectivity index (χ1) is 13.2. The van der Waals surface area contributed by atoms with Gasteiger partial charge in [-0.05, 0) is 24.5 Å². The second-order valence-corrected chi connectivity index (χ2v) is 7.34. The second-order valence-electron chi connectivity index (χ2n) is 7.34. The predicted molar refractivity (Wildman–Crippen MR) is 107 cm³/mol. The third kappa shape index (κ3) is 4.62. The van der Waals surface area contributed by atoms with Crippen molar-refractivity contribution in [2.75, 3.05) is 20.8 Å². The molecule has 3 rings (SSSR count). The van der Waals surface area contributed by atoms with Gasteiger partial charge < -0.3 is 14.8 Å². The van der Waals surface area contributed by atoms with E-state index in [0.717, 1.165) is 24.2 Å². The van der Waals surface area contributed by atoms with Crippen molar-refractivity contribution in [3.05, 3.63) is 59.7 Å². The van der Waals surface area contributed by atoms with E-state index in [4.69, 9.17) is 9.47 Å². The first-order valence-corrected chi connectivity index (χ1v) is 9.70. The van der Waals surface area contributed by atoms with E-state index in [1.54, 1.807) is 14.2 Å². The normalized spacial score (nSPS) is 15.8. The highest BCUT2D eigenvalue weighted by Gasteiger charge is 2.34. The van der Waals surface area contributed by atoms with Crippen molar-refractivity contribution < 1.29 is 14.3 Å². The SMILES string of the molecule is COc1ccc(CC(=O)NCC2(c3ccccc3)CCCCC2)c(OC)c1. The Kier molecular flexibility index (Phi) is 6.38. The molecule has 4 heteroatoms. The molecule has 0 aromatic heterocycles. The Bertz CT molecular complexity index is 751. The van der Waals surface area contributed by atoms with Crippen LogP contribution in [-0.2, 0) is 16.6 Å². The smallest absolute Gasteiger partial charge is 0.224 e. The number of nitrogens with one attached hydrogen (secondary N) is 1. The molecule has 1 aliphatic carbocycles. The van der Waals surface area contributed by atoms with Crippen LogP contribution in [0.2, 0.25) is 0 Å². The Morgan fingerprint density at radius 3 is 2.41 bits per heavy atom. The molecule has 4 nitrogen and oxygen atoms in total. The number of methoxy groups -OCH3 is 2. The molecule has 0 atom stereocenters. The summed E-state index contributed by atoms with van der Waals surface area (Å²) in [7, 11) is 3.23. The summed E-state index contributed by atoms with van der Waals surface area (Å²) in [5, 5.41) is 3.19. The summed E-state index contributed by atoms with van der Waals surface area (Å²) in [6.45, 7) is 0.689. The highest BCUT2D eigenvalue weighted by atomic mass is 16.5. The Hall–Kier alpha value is -2.49. The van der Waals surface area contributed by atoms with Crippen molar-refractivity contribution in [1.82, 2.24) is 5.32 Å². The third-order valence-electron chi connectivity index (χ3n) is 5.67. The number of ether oxygens (including phenoxy) is 2. The lowest BCUT2D eigenvalue weighted by Crippen LogP contribution is -2.42. The van der Waals surface area contributed by atoms with E-state index in [-0.39, 0.29) is 11.3 Å². The molecule has 144 valence electrons. The zero-order valence-electron chi connectivity index (χ0n) is 16.3. The topological polar surface area (TPSA) is 47.6 Å². The summed E-state index contributed by atoms with van der Waals surface area (Å²) in [6.07, 6.45) is 6.28. The molecule has 1 N–H and O–H groups in total. The van der Waals surface area contributed by atoms with Crippen LogP contribution < -0.4 is 14.8 Å². The van der Waals surface area contributed by atoms with Gasteiger partial charge in [-0.15, -0.1) is 0 Å². The predicted octanol–water partition coefficient (Wildman–Crippen LogP) is 4.26. The lowest BCUT2D eigenvalue weighted by atomic mass is 9.69. The molecular weight excluding hydrogens is 338 g/mol. The van der Waals surface area contributed by atoms with Crippen LogP contribution in [0.15, 0.2) is 48.5 Å². The van der Waals surface area contributed by atoms with Crippen molar-refractivity contribution in [1.29, 1.82) is 0 Å². The minimum absolute atomic E-state index is 0.0272. The van der Waals surface area contributed by atoms with Crippen molar-refractivity contribution in [2.45, 2.75) is 43.9 Å². The highest BCUT2D eigenvalue weighted by Crippen LogP contribution is 2.39. The second kappa shape index (κ2) is 8.94. The number of hydrogen-bond acceptors (Lipinski definition) is 3. The lowest BCUT2D eigenvalue weighted by molar-refractivity contribution is -0.120. The van der Waals surface area contributed by atoms with Gasteiger partial charge in [-0.2, -0.15) is 0 Å². The fraction of sp³-hybridized carbons (Fsp3) is 0.435. The van der Waals surface area contributed by atoms with Gasteiger partial charge in [-0.1, -0.05) is 55.7 Å².